The lowest BCUT2D eigenvalue weighted by Gasteiger charge is -2.10. The van der Waals surface area contributed by atoms with Crippen molar-refractivity contribution in [2.45, 2.75) is 12.8 Å². The summed E-state index contributed by atoms with van der Waals surface area (Å²) in [6.45, 7) is 4.99. The van der Waals surface area contributed by atoms with Crippen LogP contribution < -0.4 is 5.32 Å². The van der Waals surface area contributed by atoms with Gasteiger partial charge in [0.2, 0.25) is 0 Å². The van der Waals surface area contributed by atoms with Crippen LogP contribution in [0, 0.1) is 5.92 Å². The molecule has 0 radical (unpaired) electrons. The van der Waals surface area contributed by atoms with Crippen LogP contribution in [0.3, 0.4) is 0 Å². The topological polar surface area (TPSA) is 24.5 Å². The Morgan fingerprint density at radius 2 is 2.08 bits per heavy atom. The van der Waals surface area contributed by atoms with Gasteiger partial charge in [0.1, 0.15) is 0 Å². The molecule has 1 saturated carbocycles. The summed E-state index contributed by atoms with van der Waals surface area (Å²) in [5.41, 5.74) is 0. The van der Waals surface area contributed by atoms with Gasteiger partial charge in [0.25, 0.3) is 0 Å². The Labute approximate surface area is 81.4 Å². The number of likely N-dealkylation sites (N-methyl/N-ethyl adjacent to an activating group) is 1. The van der Waals surface area contributed by atoms with Crippen molar-refractivity contribution >= 4 is 0 Å². The first-order chi connectivity index (χ1) is 6.29. The highest BCUT2D eigenvalue weighted by Crippen LogP contribution is 2.28. The van der Waals surface area contributed by atoms with Gasteiger partial charge in [-0.25, -0.2) is 0 Å². The lowest BCUT2D eigenvalue weighted by Crippen LogP contribution is -2.29. The van der Waals surface area contributed by atoms with Crippen LogP contribution in [0.25, 0.3) is 0 Å². The standard InChI is InChI=1S/C10H22N2O/c1-12(2)7-5-11-6-8-13-9-10-3-4-10/h10-11H,3-9H2,1-2H3. The minimum absolute atomic E-state index is 0.865. The summed E-state index contributed by atoms with van der Waals surface area (Å²) in [5.74, 6) is 0.891. The fourth-order valence-electron chi connectivity index (χ4n) is 1.11. The second-order valence-corrected chi connectivity index (χ2v) is 4.07. The first-order valence-electron chi connectivity index (χ1n) is 5.22. The molecule has 0 unspecified atom stereocenters. The van der Waals surface area contributed by atoms with E-state index in [0.717, 1.165) is 38.8 Å². The van der Waals surface area contributed by atoms with Crippen molar-refractivity contribution in [3.63, 3.8) is 0 Å². The van der Waals surface area contributed by atoms with E-state index in [-0.39, 0.29) is 0 Å². The molecule has 0 aliphatic heterocycles. The number of hydrogen-bond donors (Lipinski definition) is 1. The van der Waals surface area contributed by atoms with Crippen molar-refractivity contribution in [3.05, 3.63) is 0 Å². The highest BCUT2D eigenvalue weighted by Gasteiger charge is 2.20. The van der Waals surface area contributed by atoms with Crippen LogP contribution in [0.4, 0.5) is 0 Å². The van der Waals surface area contributed by atoms with Gasteiger partial charge >= 0.3 is 0 Å². The summed E-state index contributed by atoms with van der Waals surface area (Å²) in [5, 5.41) is 3.34. The van der Waals surface area contributed by atoms with Gasteiger partial charge in [-0.05, 0) is 32.9 Å². The Morgan fingerprint density at radius 1 is 1.31 bits per heavy atom. The first kappa shape index (κ1) is 11.0. The zero-order valence-electron chi connectivity index (χ0n) is 8.88. The second kappa shape index (κ2) is 6.35. The fraction of sp³-hybridized carbons (Fsp3) is 1.00. The largest absolute Gasteiger partial charge is 0.380 e. The van der Waals surface area contributed by atoms with E-state index < -0.39 is 0 Å². The molecule has 13 heavy (non-hydrogen) atoms. The third-order valence-corrected chi connectivity index (χ3v) is 2.21. The lowest BCUT2D eigenvalue weighted by atomic mass is 10.5. The van der Waals surface area contributed by atoms with Gasteiger partial charge in [0.15, 0.2) is 0 Å². The van der Waals surface area contributed by atoms with Crippen molar-refractivity contribution in [2.75, 3.05) is 46.9 Å². The number of ether oxygens (including phenoxy) is 1. The molecule has 1 aliphatic rings. The highest BCUT2D eigenvalue weighted by atomic mass is 16.5. The summed E-state index contributed by atoms with van der Waals surface area (Å²) >= 11 is 0. The first-order valence-corrected chi connectivity index (χ1v) is 5.22. The van der Waals surface area contributed by atoms with Crippen LogP contribution in [-0.4, -0.2) is 51.8 Å². The molecule has 0 aromatic rings. The van der Waals surface area contributed by atoms with Crippen molar-refractivity contribution in [1.29, 1.82) is 0 Å². The second-order valence-electron chi connectivity index (χ2n) is 4.07. The molecule has 1 rings (SSSR count). The summed E-state index contributed by atoms with van der Waals surface area (Å²) in [6.07, 6.45) is 2.77. The summed E-state index contributed by atoms with van der Waals surface area (Å²) in [4.78, 5) is 2.18. The zero-order chi connectivity index (χ0) is 9.52. The predicted octanol–water partition coefficient (Wildman–Crippen LogP) is 0.564. The molecule has 3 heteroatoms. The van der Waals surface area contributed by atoms with Crippen molar-refractivity contribution in [1.82, 2.24) is 10.2 Å². The summed E-state index contributed by atoms with van der Waals surface area (Å²) in [6, 6.07) is 0. The molecular weight excluding hydrogens is 164 g/mol. The number of rotatable bonds is 8. The maximum absolute atomic E-state index is 5.49. The summed E-state index contributed by atoms with van der Waals surface area (Å²) < 4.78 is 5.49. The van der Waals surface area contributed by atoms with E-state index in [0.29, 0.717) is 0 Å². The van der Waals surface area contributed by atoms with Gasteiger partial charge in [-0.15, -0.1) is 0 Å². The van der Waals surface area contributed by atoms with E-state index in [1.54, 1.807) is 0 Å². The molecule has 78 valence electrons. The fourth-order valence-corrected chi connectivity index (χ4v) is 1.11. The third-order valence-electron chi connectivity index (χ3n) is 2.21. The van der Waals surface area contributed by atoms with Crippen molar-refractivity contribution in [2.24, 2.45) is 5.92 Å². The van der Waals surface area contributed by atoms with Crippen molar-refractivity contribution in [3.8, 4) is 0 Å². The molecule has 1 fully saturated rings. The Balaban J connectivity index is 1.68. The molecule has 0 aromatic heterocycles. The smallest absolute Gasteiger partial charge is 0.0591 e. The third kappa shape index (κ3) is 6.99. The molecule has 1 N–H and O–H groups in total. The average molecular weight is 186 g/mol. The average Bonchev–Trinajstić information content (AvgIpc) is 2.86. The zero-order valence-corrected chi connectivity index (χ0v) is 8.88. The number of nitrogens with one attached hydrogen (secondary N) is 1. The monoisotopic (exact) mass is 186 g/mol. The van der Waals surface area contributed by atoms with E-state index >= 15 is 0 Å². The van der Waals surface area contributed by atoms with Gasteiger partial charge in [-0.1, -0.05) is 0 Å². The molecule has 0 amide bonds. The molecule has 0 saturated heterocycles. The van der Waals surface area contributed by atoms with Crippen LogP contribution >= 0.6 is 0 Å². The highest BCUT2D eigenvalue weighted by molar-refractivity contribution is 4.71. The van der Waals surface area contributed by atoms with E-state index in [1.807, 2.05) is 0 Å². The lowest BCUT2D eigenvalue weighted by molar-refractivity contribution is 0.126. The molecule has 0 spiro atoms. The predicted molar refractivity (Wildman–Crippen MR) is 55.0 cm³/mol. The van der Waals surface area contributed by atoms with Crippen molar-refractivity contribution < 1.29 is 4.74 Å². The van der Waals surface area contributed by atoms with E-state index in [2.05, 4.69) is 24.3 Å². The minimum Gasteiger partial charge on any atom is -0.380 e. The Bertz CT molecular complexity index is 118. The Morgan fingerprint density at radius 3 is 2.69 bits per heavy atom. The van der Waals surface area contributed by atoms with Crippen LogP contribution in [0.2, 0.25) is 0 Å². The van der Waals surface area contributed by atoms with Gasteiger partial charge in [0, 0.05) is 26.2 Å². The van der Waals surface area contributed by atoms with E-state index in [4.69, 9.17) is 4.74 Å². The van der Waals surface area contributed by atoms with Crippen LogP contribution in [-0.2, 0) is 4.74 Å². The number of nitrogens with zero attached hydrogens (tertiary/aromatic N) is 1. The quantitative estimate of drug-likeness (QED) is 0.561. The summed E-state index contributed by atoms with van der Waals surface area (Å²) in [7, 11) is 4.18. The van der Waals surface area contributed by atoms with Gasteiger partial charge < -0.3 is 15.0 Å². The van der Waals surface area contributed by atoms with Crippen LogP contribution in [0.5, 0.6) is 0 Å². The minimum atomic E-state index is 0.865. The van der Waals surface area contributed by atoms with Gasteiger partial charge in [-0.3, -0.25) is 0 Å². The maximum atomic E-state index is 5.49. The molecule has 3 nitrogen and oxygen atoms in total. The van der Waals surface area contributed by atoms with Crippen LogP contribution in [0.1, 0.15) is 12.8 Å². The molecular formula is C10H22N2O. The molecule has 0 heterocycles. The number of hydrogen-bond acceptors (Lipinski definition) is 3. The normalized spacial score (nSPS) is 16.8. The molecule has 0 atom stereocenters. The van der Waals surface area contributed by atoms with Crippen LogP contribution in [0.15, 0.2) is 0 Å². The Hall–Kier alpha value is -0.120. The van der Waals surface area contributed by atoms with E-state index in [9.17, 15) is 0 Å². The molecule has 0 bridgehead atoms. The maximum Gasteiger partial charge on any atom is 0.0591 e. The van der Waals surface area contributed by atoms with E-state index in [1.165, 1.54) is 12.8 Å². The molecule has 1 aliphatic carbocycles. The Kier molecular flexibility index (Phi) is 5.35. The molecule has 0 aromatic carbocycles. The van der Waals surface area contributed by atoms with Gasteiger partial charge in [-0.2, -0.15) is 0 Å². The SMILES string of the molecule is CN(C)CCNCCOCC1CC1. The van der Waals surface area contributed by atoms with Gasteiger partial charge in [0.05, 0.1) is 6.61 Å².